The van der Waals surface area contributed by atoms with Gasteiger partial charge in [0.05, 0.1) is 6.61 Å². The molecular weight excluding hydrogens is 216 g/mol. The fraction of sp³-hybridized carbons (Fsp3) is 0.308. The third-order valence-electron chi connectivity index (χ3n) is 2.41. The lowest BCUT2D eigenvalue weighted by molar-refractivity contribution is 0.0944. The Balaban J connectivity index is 2.85. The minimum atomic E-state index is -0.168. The highest BCUT2D eigenvalue weighted by Gasteiger charge is 2.10. The zero-order chi connectivity index (χ0) is 12.7. The minimum Gasteiger partial charge on any atom is -0.395 e. The van der Waals surface area contributed by atoms with Gasteiger partial charge in [0.1, 0.15) is 0 Å². The van der Waals surface area contributed by atoms with Gasteiger partial charge in [0.2, 0.25) is 0 Å². The Hall–Kier alpha value is -1.81. The van der Waals surface area contributed by atoms with E-state index in [1.807, 2.05) is 19.1 Å². The molecule has 0 aromatic heterocycles. The fourth-order valence-corrected chi connectivity index (χ4v) is 1.52. The average molecular weight is 234 g/mol. The normalized spacial score (nSPS) is 9.76. The second-order valence-corrected chi connectivity index (χ2v) is 3.63. The van der Waals surface area contributed by atoms with Gasteiger partial charge in [-0.25, -0.2) is 0 Å². The van der Waals surface area contributed by atoms with Crippen LogP contribution in [0.15, 0.2) is 30.9 Å². The molecule has 1 rings (SSSR count). The van der Waals surface area contributed by atoms with Crippen LogP contribution >= 0.6 is 0 Å². The van der Waals surface area contributed by atoms with Crippen molar-refractivity contribution >= 4 is 11.6 Å². The van der Waals surface area contributed by atoms with Crippen LogP contribution in [0.2, 0.25) is 0 Å². The summed E-state index contributed by atoms with van der Waals surface area (Å²) in [5.41, 5.74) is 2.43. The van der Waals surface area contributed by atoms with Gasteiger partial charge >= 0.3 is 0 Å². The van der Waals surface area contributed by atoms with E-state index >= 15 is 0 Å². The van der Waals surface area contributed by atoms with E-state index in [1.54, 1.807) is 12.1 Å². The number of aliphatic hydroxyl groups excluding tert-OH is 1. The highest BCUT2D eigenvalue weighted by atomic mass is 16.3. The van der Waals surface area contributed by atoms with E-state index in [9.17, 15) is 4.79 Å². The Morgan fingerprint density at radius 2 is 2.29 bits per heavy atom. The van der Waals surface area contributed by atoms with Crippen molar-refractivity contribution in [2.75, 3.05) is 25.0 Å². The summed E-state index contributed by atoms with van der Waals surface area (Å²) in [4.78, 5) is 11.8. The number of benzene rings is 1. The number of hydrogen-bond donors (Lipinski definition) is 3. The fourth-order valence-electron chi connectivity index (χ4n) is 1.52. The van der Waals surface area contributed by atoms with E-state index < -0.39 is 0 Å². The maximum Gasteiger partial charge on any atom is 0.251 e. The maximum atomic E-state index is 11.8. The lowest BCUT2D eigenvalue weighted by Crippen LogP contribution is -2.27. The van der Waals surface area contributed by atoms with E-state index in [4.69, 9.17) is 5.11 Å². The van der Waals surface area contributed by atoms with Crippen molar-refractivity contribution in [2.24, 2.45) is 0 Å². The van der Waals surface area contributed by atoms with Gasteiger partial charge in [-0.2, -0.15) is 0 Å². The van der Waals surface area contributed by atoms with Gasteiger partial charge in [0, 0.05) is 24.3 Å². The smallest absolute Gasteiger partial charge is 0.251 e. The first kappa shape index (κ1) is 13.3. The first-order chi connectivity index (χ1) is 8.20. The highest BCUT2D eigenvalue weighted by Crippen LogP contribution is 2.18. The van der Waals surface area contributed by atoms with Crippen LogP contribution in [0, 0.1) is 6.92 Å². The number of anilines is 1. The van der Waals surface area contributed by atoms with Crippen LogP contribution in [0.3, 0.4) is 0 Å². The molecule has 92 valence electrons. The van der Waals surface area contributed by atoms with Gasteiger partial charge in [-0.3, -0.25) is 4.79 Å². The minimum absolute atomic E-state index is 0.0564. The number of carbonyl (C=O) groups is 1. The molecule has 1 amide bonds. The van der Waals surface area contributed by atoms with Gasteiger partial charge in [-0.15, -0.1) is 6.58 Å². The maximum absolute atomic E-state index is 11.8. The Bertz CT molecular complexity index is 402. The summed E-state index contributed by atoms with van der Waals surface area (Å²) in [6.07, 6.45) is 1.76. The third kappa shape index (κ3) is 3.60. The van der Waals surface area contributed by atoms with Crippen LogP contribution in [-0.2, 0) is 0 Å². The molecule has 0 saturated heterocycles. The molecule has 0 saturated carbocycles. The predicted octanol–water partition coefficient (Wildman–Crippen LogP) is 1.32. The molecule has 17 heavy (non-hydrogen) atoms. The monoisotopic (exact) mass is 234 g/mol. The first-order valence-corrected chi connectivity index (χ1v) is 5.54. The SMILES string of the molecule is C=CCNc1cccc(C(=O)NCCO)c1C. The van der Waals surface area contributed by atoms with Crippen LogP contribution in [0.1, 0.15) is 15.9 Å². The number of nitrogens with one attached hydrogen (secondary N) is 2. The molecule has 0 fully saturated rings. The van der Waals surface area contributed by atoms with Crippen LogP contribution in [0.5, 0.6) is 0 Å². The zero-order valence-corrected chi connectivity index (χ0v) is 9.99. The molecule has 0 radical (unpaired) electrons. The van der Waals surface area contributed by atoms with Crippen molar-refractivity contribution in [3.63, 3.8) is 0 Å². The zero-order valence-electron chi connectivity index (χ0n) is 9.99. The quantitative estimate of drug-likeness (QED) is 0.650. The van der Waals surface area contributed by atoms with Crippen LogP contribution in [-0.4, -0.2) is 30.7 Å². The number of rotatable bonds is 6. The average Bonchev–Trinajstić information content (AvgIpc) is 2.34. The number of carbonyl (C=O) groups excluding carboxylic acids is 1. The van der Waals surface area contributed by atoms with Gasteiger partial charge < -0.3 is 15.7 Å². The molecule has 0 aliphatic heterocycles. The molecule has 0 aliphatic carbocycles. The first-order valence-electron chi connectivity index (χ1n) is 5.54. The van der Waals surface area contributed by atoms with E-state index in [2.05, 4.69) is 17.2 Å². The van der Waals surface area contributed by atoms with Gasteiger partial charge in [-0.05, 0) is 24.6 Å². The largest absolute Gasteiger partial charge is 0.395 e. The molecule has 0 unspecified atom stereocenters. The second-order valence-electron chi connectivity index (χ2n) is 3.63. The summed E-state index contributed by atoms with van der Waals surface area (Å²) in [6, 6.07) is 5.51. The molecule has 1 aromatic carbocycles. The third-order valence-corrected chi connectivity index (χ3v) is 2.41. The van der Waals surface area contributed by atoms with E-state index in [1.165, 1.54) is 0 Å². The summed E-state index contributed by atoms with van der Waals surface area (Å²) in [5.74, 6) is -0.168. The van der Waals surface area contributed by atoms with Crippen LogP contribution in [0.4, 0.5) is 5.69 Å². The Morgan fingerprint density at radius 1 is 1.53 bits per heavy atom. The lowest BCUT2D eigenvalue weighted by Gasteiger charge is -2.12. The predicted molar refractivity (Wildman–Crippen MR) is 69.3 cm³/mol. The van der Waals surface area contributed by atoms with Crippen molar-refractivity contribution in [1.29, 1.82) is 0 Å². The Morgan fingerprint density at radius 3 is 2.94 bits per heavy atom. The van der Waals surface area contributed by atoms with Crippen molar-refractivity contribution in [3.05, 3.63) is 42.0 Å². The summed E-state index contributed by atoms with van der Waals surface area (Å²) in [5, 5.41) is 14.5. The van der Waals surface area contributed by atoms with Gasteiger partial charge in [-0.1, -0.05) is 12.1 Å². The van der Waals surface area contributed by atoms with E-state index in [0.717, 1.165) is 11.3 Å². The lowest BCUT2D eigenvalue weighted by atomic mass is 10.1. The second kappa shape index (κ2) is 6.70. The topological polar surface area (TPSA) is 61.4 Å². The molecule has 0 atom stereocenters. The summed E-state index contributed by atoms with van der Waals surface area (Å²) in [6.45, 7) is 6.39. The molecule has 3 N–H and O–H groups in total. The number of hydrogen-bond acceptors (Lipinski definition) is 3. The van der Waals surface area contributed by atoms with Crippen molar-refractivity contribution < 1.29 is 9.90 Å². The molecule has 0 aliphatic rings. The van der Waals surface area contributed by atoms with Crippen molar-refractivity contribution in [2.45, 2.75) is 6.92 Å². The molecule has 0 bridgehead atoms. The molecular formula is C13H18N2O2. The van der Waals surface area contributed by atoms with Gasteiger partial charge in [0.15, 0.2) is 0 Å². The molecule has 0 heterocycles. The highest BCUT2D eigenvalue weighted by molar-refractivity contribution is 5.97. The van der Waals surface area contributed by atoms with Gasteiger partial charge in [0.25, 0.3) is 5.91 Å². The van der Waals surface area contributed by atoms with Crippen molar-refractivity contribution in [1.82, 2.24) is 5.32 Å². The number of aliphatic hydroxyl groups is 1. The standard InChI is InChI=1S/C13H18N2O2/c1-3-7-14-12-6-4-5-11(10(12)2)13(17)15-8-9-16/h3-6,14,16H,1,7-9H2,2H3,(H,15,17). The van der Waals surface area contributed by atoms with Crippen molar-refractivity contribution in [3.8, 4) is 0 Å². The van der Waals surface area contributed by atoms with Crippen LogP contribution < -0.4 is 10.6 Å². The summed E-state index contributed by atoms with van der Waals surface area (Å²) in [7, 11) is 0. The molecule has 4 heteroatoms. The molecule has 1 aromatic rings. The molecule has 4 nitrogen and oxygen atoms in total. The van der Waals surface area contributed by atoms with Crippen LogP contribution in [0.25, 0.3) is 0 Å². The summed E-state index contributed by atoms with van der Waals surface area (Å²) >= 11 is 0. The number of amides is 1. The summed E-state index contributed by atoms with van der Waals surface area (Å²) < 4.78 is 0. The van der Waals surface area contributed by atoms with E-state index in [-0.39, 0.29) is 19.1 Å². The molecule has 0 spiro atoms. The Kier molecular flexibility index (Phi) is 5.23. The van der Waals surface area contributed by atoms with E-state index in [0.29, 0.717) is 12.1 Å². The Labute approximate surface area is 101 Å².